The number of methoxy groups -OCH3 is 1. The number of rotatable bonds is 11. The minimum absolute atomic E-state index is 0.118. The number of hydrogen-bond acceptors (Lipinski definition) is 10. The number of amides is 1. The van der Waals surface area contributed by atoms with Gasteiger partial charge in [0, 0.05) is 5.56 Å². The predicted octanol–water partition coefficient (Wildman–Crippen LogP) is 5.45. The van der Waals surface area contributed by atoms with Crippen LogP contribution < -0.4 is 19.1 Å². The van der Waals surface area contributed by atoms with Crippen molar-refractivity contribution >= 4 is 39.9 Å². The number of esters is 1. The number of aliphatic hydroxyl groups is 1. The molecule has 41 heavy (non-hydrogen) atoms. The summed E-state index contributed by atoms with van der Waals surface area (Å²) >= 11 is 0.940. The van der Waals surface area contributed by atoms with Gasteiger partial charge in [0.15, 0.2) is 16.6 Å². The zero-order valence-corrected chi connectivity index (χ0v) is 24.4. The second kappa shape index (κ2) is 12.9. The van der Waals surface area contributed by atoms with Crippen molar-refractivity contribution in [2.75, 3.05) is 31.8 Å². The van der Waals surface area contributed by atoms with Crippen LogP contribution in [0.3, 0.4) is 0 Å². The van der Waals surface area contributed by atoms with Gasteiger partial charge in [0.05, 0.1) is 44.2 Å². The molecule has 1 amide bonds. The Morgan fingerprint density at radius 2 is 1.76 bits per heavy atom. The molecule has 216 valence electrons. The van der Waals surface area contributed by atoms with Gasteiger partial charge in [0.25, 0.3) is 5.78 Å². The molecule has 1 atom stereocenters. The fourth-order valence-corrected chi connectivity index (χ4v) is 5.42. The first-order chi connectivity index (χ1) is 19.7. The van der Waals surface area contributed by atoms with Gasteiger partial charge in [0.1, 0.15) is 16.4 Å². The zero-order chi connectivity index (χ0) is 29.7. The maximum absolute atomic E-state index is 13.6. The van der Waals surface area contributed by atoms with E-state index in [9.17, 15) is 19.5 Å². The summed E-state index contributed by atoms with van der Waals surface area (Å²) in [5.41, 5.74) is 1.03. The van der Waals surface area contributed by atoms with Crippen molar-refractivity contribution in [3.63, 3.8) is 0 Å². The van der Waals surface area contributed by atoms with Crippen LogP contribution in [0.2, 0.25) is 0 Å². The molecule has 11 heteroatoms. The third-order valence-electron chi connectivity index (χ3n) is 6.30. The van der Waals surface area contributed by atoms with E-state index in [2.05, 4.69) is 4.98 Å². The Hall–Kier alpha value is -4.38. The van der Waals surface area contributed by atoms with E-state index in [1.807, 2.05) is 13.8 Å². The average Bonchev–Trinajstić information content (AvgIpc) is 3.48. The lowest BCUT2D eigenvalue weighted by Crippen LogP contribution is -2.29. The second-order valence-electron chi connectivity index (χ2n) is 9.02. The van der Waals surface area contributed by atoms with Crippen LogP contribution in [0.15, 0.2) is 48.0 Å². The Kier molecular flexibility index (Phi) is 9.28. The Bertz CT molecular complexity index is 1480. The summed E-state index contributed by atoms with van der Waals surface area (Å²) in [5, 5.41) is 11.6. The summed E-state index contributed by atoms with van der Waals surface area (Å²) in [5.74, 6) is -1.24. The van der Waals surface area contributed by atoms with E-state index in [1.54, 1.807) is 56.3 Å². The molecule has 4 rings (SSSR count). The molecule has 2 aromatic carbocycles. The van der Waals surface area contributed by atoms with Gasteiger partial charge in [-0.2, -0.15) is 0 Å². The van der Waals surface area contributed by atoms with Gasteiger partial charge < -0.3 is 24.1 Å². The molecule has 0 aliphatic carbocycles. The Morgan fingerprint density at radius 3 is 2.39 bits per heavy atom. The highest BCUT2D eigenvalue weighted by atomic mass is 32.1. The van der Waals surface area contributed by atoms with Crippen molar-refractivity contribution in [2.24, 2.45) is 0 Å². The molecule has 1 aromatic heterocycles. The molecule has 1 aliphatic rings. The number of Topliss-reactive ketones (excluding diaryl/α,β-unsaturated/α-hetero) is 1. The lowest BCUT2D eigenvalue weighted by molar-refractivity contribution is -0.132. The van der Waals surface area contributed by atoms with E-state index < -0.39 is 23.7 Å². The van der Waals surface area contributed by atoms with Crippen molar-refractivity contribution in [1.82, 2.24) is 4.98 Å². The lowest BCUT2D eigenvalue weighted by atomic mass is 9.95. The summed E-state index contributed by atoms with van der Waals surface area (Å²) in [6.45, 7) is 8.26. The molecule has 0 saturated carbocycles. The fraction of sp³-hybridized carbons (Fsp3) is 0.333. The summed E-state index contributed by atoms with van der Waals surface area (Å²) < 4.78 is 21.9. The number of anilines is 1. The molecule has 1 saturated heterocycles. The fourth-order valence-electron chi connectivity index (χ4n) is 4.43. The number of aromatic nitrogens is 1. The summed E-state index contributed by atoms with van der Waals surface area (Å²) in [4.78, 5) is 45.5. The van der Waals surface area contributed by atoms with Crippen LogP contribution in [0.4, 0.5) is 5.13 Å². The second-order valence-corrected chi connectivity index (χ2v) is 9.99. The molecule has 0 spiro atoms. The first-order valence-corrected chi connectivity index (χ1v) is 14.1. The van der Waals surface area contributed by atoms with Gasteiger partial charge in [-0.25, -0.2) is 9.78 Å². The van der Waals surface area contributed by atoms with Crippen LogP contribution in [-0.4, -0.2) is 54.7 Å². The standard InChI is InChI=1S/C30H32N2O8S/c1-6-15-40-20-12-9-18(10-13-20)25(33)23-24(19-11-14-21(38-7-2)22(16-19)37-5)32(28(35)26(23)34)30-31-17(4)27(41-30)29(36)39-8-3/h9-14,16,24,33H,6-8,15H2,1-5H3/b25-23+. The third-order valence-corrected chi connectivity index (χ3v) is 7.44. The van der Waals surface area contributed by atoms with Crippen LogP contribution in [-0.2, 0) is 14.3 Å². The van der Waals surface area contributed by atoms with E-state index in [-0.39, 0.29) is 27.9 Å². The number of hydrogen-bond donors (Lipinski definition) is 1. The summed E-state index contributed by atoms with van der Waals surface area (Å²) in [6.07, 6.45) is 0.838. The average molecular weight is 581 g/mol. The number of carbonyl (C=O) groups is 3. The maximum atomic E-state index is 13.6. The van der Waals surface area contributed by atoms with Crippen LogP contribution in [0.1, 0.15) is 59.7 Å². The van der Waals surface area contributed by atoms with Gasteiger partial charge >= 0.3 is 11.9 Å². The summed E-state index contributed by atoms with van der Waals surface area (Å²) in [7, 11) is 1.48. The van der Waals surface area contributed by atoms with Crippen molar-refractivity contribution in [2.45, 2.75) is 40.2 Å². The molecule has 1 aliphatic heterocycles. The minimum atomic E-state index is -1.07. The monoisotopic (exact) mass is 580 g/mol. The first-order valence-electron chi connectivity index (χ1n) is 13.2. The molecule has 1 unspecified atom stereocenters. The van der Waals surface area contributed by atoms with Gasteiger partial charge in [-0.15, -0.1) is 0 Å². The van der Waals surface area contributed by atoms with E-state index in [0.717, 1.165) is 17.8 Å². The van der Waals surface area contributed by atoms with Crippen molar-refractivity contribution in [3.8, 4) is 17.2 Å². The molecule has 0 radical (unpaired) electrons. The molecule has 10 nitrogen and oxygen atoms in total. The van der Waals surface area contributed by atoms with Crippen LogP contribution in [0, 0.1) is 6.92 Å². The molecular formula is C30H32N2O8S. The lowest BCUT2D eigenvalue weighted by Gasteiger charge is -2.24. The zero-order valence-electron chi connectivity index (χ0n) is 23.6. The largest absolute Gasteiger partial charge is 0.507 e. The van der Waals surface area contributed by atoms with E-state index in [1.165, 1.54) is 12.0 Å². The normalized spacial score (nSPS) is 16.1. The van der Waals surface area contributed by atoms with Gasteiger partial charge in [-0.1, -0.05) is 24.3 Å². The van der Waals surface area contributed by atoms with Crippen LogP contribution in [0.25, 0.3) is 5.76 Å². The molecule has 3 aromatic rings. The number of aryl methyl sites for hydroxylation is 1. The Balaban J connectivity index is 1.89. The predicted molar refractivity (Wildman–Crippen MR) is 154 cm³/mol. The number of ether oxygens (including phenoxy) is 4. The highest BCUT2D eigenvalue weighted by Crippen LogP contribution is 2.45. The topological polar surface area (TPSA) is 124 Å². The van der Waals surface area contributed by atoms with Crippen LogP contribution >= 0.6 is 11.3 Å². The van der Waals surface area contributed by atoms with Crippen molar-refractivity contribution in [1.29, 1.82) is 0 Å². The van der Waals surface area contributed by atoms with E-state index in [4.69, 9.17) is 18.9 Å². The minimum Gasteiger partial charge on any atom is -0.507 e. The molecule has 0 bridgehead atoms. The highest BCUT2D eigenvalue weighted by molar-refractivity contribution is 7.17. The molecule has 1 N–H and O–H groups in total. The van der Waals surface area contributed by atoms with E-state index >= 15 is 0 Å². The molecule has 1 fully saturated rings. The number of ketones is 1. The number of aliphatic hydroxyl groups excluding tert-OH is 1. The smallest absolute Gasteiger partial charge is 0.350 e. The highest BCUT2D eigenvalue weighted by Gasteiger charge is 2.48. The van der Waals surface area contributed by atoms with Gasteiger partial charge in [-0.3, -0.25) is 14.5 Å². The number of thiazole rings is 1. The van der Waals surface area contributed by atoms with Crippen molar-refractivity contribution in [3.05, 3.63) is 69.7 Å². The molecular weight excluding hydrogens is 548 g/mol. The van der Waals surface area contributed by atoms with Crippen LogP contribution in [0.5, 0.6) is 17.2 Å². The van der Waals surface area contributed by atoms with Gasteiger partial charge in [0.2, 0.25) is 0 Å². The SMILES string of the molecule is CCCOc1ccc(/C(O)=C2\C(=O)C(=O)N(c3nc(C)c(C(=O)OCC)s3)C2c2ccc(OCC)c(OC)c2)cc1. The van der Waals surface area contributed by atoms with Crippen molar-refractivity contribution < 1.29 is 38.4 Å². The van der Waals surface area contributed by atoms with E-state index in [0.29, 0.717) is 47.3 Å². The summed E-state index contributed by atoms with van der Waals surface area (Å²) in [6, 6.07) is 10.6. The first kappa shape index (κ1) is 29.6. The Labute approximate surface area is 242 Å². The number of benzene rings is 2. The maximum Gasteiger partial charge on any atom is 0.350 e. The third kappa shape index (κ3) is 5.90. The van der Waals surface area contributed by atoms with Gasteiger partial charge in [-0.05, 0) is 69.2 Å². The number of nitrogens with zero attached hydrogens (tertiary/aromatic N) is 2. The number of carbonyl (C=O) groups excluding carboxylic acids is 3. The Morgan fingerprint density at radius 1 is 1.02 bits per heavy atom. The molecule has 2 heterocycles. The quantitative estimate of drug-likeness (QED) is 0.136.